The predicted molar refractivity (Wildman–Crippen MR) is 61.7 cm³/mol. The van der Waals surface area contributed by atoms with E-state index in [1.54, 1.807) is 14.0 Å². The number of hydrogen-bond acceptors (Lipinski definition) is 5. The summed E-state index contributed by atoms with van der Waals surface area (Å²) in [5, 5.41) is 2.72. The fourth-order valence-electron chi connectivity index (χ4n) is 1.00. The molecule has 0 bridgehead atoms. The van der Waals surface area contributed by atoms with Gasteiger partial charge in [0.25, 0.3) is 0 Å². The Balaban J connectivity index is 2.90. The summed E-state index contributed by atoms with van der Waals surface area (Å²) in [7, 11) is -1.83. The van der Waals surface area contributed by atoms with Crippen molar-refractivity contribution < 1.29 is 8.42 Å². The standard InChI is InChI=1S/C9H16N4O2S/c1-4-7(2)13-16(14,15)8-5-11-9(10-3)12-6-8/h5-7,13H,4H2,1-3H3,(H,10,11,12). The lowest BCUT2D eigenvalue weighted by atomic mass is 10.3. The highest BCUT2D eigenvalue weighted by molar-refractivity contribution is 7.89. The normalized spacial score (nSPS) is 13.4. The molecule has 0 aliphatic carbocycles. The van der Waals surface area contributed by atoms with Gasteiger partial charge in [-0.3, -0.25) is 0 Å². The van der Waals surface area contributed by atoms with Gasteiger partial charge in [-0.25, -0.2) is 23.1 Å². The van der Waals surface area contributed by atoms with Crippen molar-refractivity contribution in [2.75, 3.05) is 12.4 Å². The maximum absolute atomic E-state index is 11.8. The molecule has 1 aromatic heterocycles. The molecular formula is C9H16N4O2S. The number of nitrogens with one attached hydrogen (secondary N) is 2. The number of aromatic nitrogens is 2. The molecule has 2 N–H and O–H groups in total. The Morgan fingerprint density at radius 3 is 2.38 bits per heavy atom. The Kier molecular flexibility index (Phi) is 4.19. The van der Waals surface area contributed by atoms with E-state index in [-0.39, 0.29) is 10.9 Å². The van der Waals surface area contributed by atoms with E-state index in [0.717, 1.165) is 6.42 Å². The molecule has 0 aliphatic rings. The molecule has 90 valence electrons. The molecule has 1 atom stereocenters. The van der Waals surface area contributed by atoms with Gasteiger partial charge in [0, 0.05) is 13.1 Å². The highest BCUT2D eigenvalue weighted by Gasteiger charge is 2.17. The molecule has 0 saturated heterocycles. The summed E-state index contributed by atoms with van der Waals surface area (Å²) in [5.41, 5.74) is 0. The highest BCUT2D eigenvalue weighted by atomic mass is 32.2. The largest absolute Gasteiger partial charge is 0.357 e. The van der Waals surface area contributed by atoms with Crippen LogP contribution in [0, 0.1) is 0 Å². The number of rotatable bonds is 5. The Labute approximate surface area is 95.6 Å². The molecule has 7 heteroatoms. The fourth-order valence-corrected chi connectivity index (χ4v) is 2.22. The summed E-state index contributed by atoms with van der Waals surface area (Å²) in [5.74, 6) is 0.391. The van der Waals surface area contributed by atoms with Gasteiger partial charge in [0.15, 0.2) is 0 Å². The van der Waals surface area contributed by atoms with Crippen molar-refractivity contribution in [2.45, 2.75) is 31.2 Å². The predicted octanol–water partition coefficient (Wildman–Crippen LogP) is 0.595. The van der Waals surface area contributed by atoms with Crippen molar-refractivity contribution in [3.8, 4) is 0 Å². The van der Waals surface area contributed by atoms with Crippen molar-refractivity contribution in [2.24, 2.45) is 0 Å². The van der Waals surface area contributed by atoms with Crippen LogP contribution in [-0.2, 0) is 10.0 Å². The topological polar surface area (TPSA) is 84.0 Å². The molecule has 0 amide bonds. The van der Waals surface area contributed by atoms with Gasteiger partial charge in [-0.2, -0.15) is 0 Å². The van der Waals surface area contributed by atoms with Gasteiger partial charge >= 0.3 is 0 Å². The average molecular weight is 244 g/mol. The minimum Gasteiger partial charge on any atom is -0.357 e. The number of anilines is 1. The Bertz CT molecular complexity index is 429. The van der Waals surface area contributed by atoms with Crippen molar-refractivity contribution in [1.29, 1.82) is 0 Å². The molecule has 0 aromatic carbocycles. The number of hydrogen-bond donors (Lipinski definition) is 2. The highest BCUT2D eigenvalue weighted by Crippen LogP contribution is 2.08. The second kappa shape index (κ2) is 5.22. The van der Waals surface area contributed by atoms with E-state index in [9.17, 15) is 8.42 Å². The van der Waals surface area contributed by atoms with Crippen LogP contribution >= 0.6 is 0 Å². The number of sulfonamides is 1. The molecule has 0 aliphatic heterocycles. The van der Waals surface area contributed by atoms with Crippen molar-refractivity contribution in [3.05, 3.63) is 12.4 Å². The molecule has 6 nitrogen and oxygen atoms in total. The zero-order valence-corrected chi connectivity index (χ0v) is 10.4. The van der Waals surface area contributed by atoms with Crippen molar-refractivity contribution in [1.82, 2.24) is 14.7 Å². The smallest absolute Gasteiger partial charge is 0.243 e. The zero-order valence-electron chi connectivity index (χ0n) is 9.56. The van der Waals surface area contributed by atoms with Crippen LogP contribution in [0.15, 0.2) is 17.3 Å². The van der Waals surface area contributed by atoms with Gasteiger partial charge in [0.2, 0.25) is 16.0 Å². The quantitative estimate of drug-likeness (QED) is 0.792. The van der Waals surface area contributed by atoms with Crippen LogP contribution in [0.25, 0.3) is 0 Å². The Morgan fingerprint density at radius 1 is 1.38 bits per heavy atom. The van der Waals surface area contributed by atoms with Crippen molar-refractivity contribution >= 4 is 16.0 Å². The molecule has 16 heavy (non-hydrogen) atoms. The maximum Gasteiger partial charge on any atom is 0.243 e. The van der Waals surface area contributed by atoms with E-state index in [4.69, 9.17) is 0 Å². The van der Waals surface area contributed by atoms with Crippen LogP contribution in [0.1, 0.15) is 20.3 Å². The number of nitrogens with zero attached hydrogens (tertiary/aromatic N) is 2. The third-order valence-electron chi connectivity index (χ3n) is 2.13. The van der Waals surface area contributed by atoms with Crippen LogP contribution in [0.5, 0.6) is 0 Å². The second-order valence-corrected chi connectivity index (χ2v) is 5.14. The molecule has 1 rings (SSSR count). The van der Waals surface area contributed by atoms with E-state index in [1.807, 2.05) is 6.92 Å². The average Bonchev–Trinajstić information content (AvgIpc) is 2.28. The van der Waals surface area contributed by atoms with E-state index in [1.165, 1.54) is 12.4 Å². The Morgan fingerprint density at radius 2 is 1.94 bits per heavy atom. The summed E-state index contributed by atoms with van der Waals surface area (Å²) in [6, 6.07) is -0.103. The third kappa shape index (κ3) is 3.14. The molecule has 0 radical (unpaired) electrons. The first kappa shape index (κ1) is 12.9. The SMILES string of the molecule is CCC(C)NS(=O)(=O)c1cnc(NC)nc1. The van der Waals surface area contributed by atoms with E-state index in [0.29, 0.717) is 5.95 Å². The minimum atomic E-state index is -3.50. The summed E-state index contributed by atoms with van der Waals surface area (Å²) in [6.45, 7) is 3.72. The molecule has 0 fully saturated rings. The summed E-state index contributed by atoms with van der Waals surface area (Å²) in [4.78, 5) is 7.79. The lowest BCUT2D eigenvalue weighted by Gasteiger charge is -2.11. The third-order valence-corrected chi connectivity index (χ3v) is 3.67. The van der Waals surface area contributed by atoms with Gasteiger partial charge in [0.1, 0.15) is 4.90 Å². The van der Waals surface area contributed by atoms with E-state index in [2.05, 4.69) is 20.0 Å². The van der Waals surface area contributed by atoms with Gasteiger partial charge < -0.3 is 5.32 Å². The fraction of sp³-hybridized carbons (Fsp3) is 0.556. The van der Waals surface area contributed by atoms with Crippen LogP contribution in [0.3, 0.4) is 0 Å². The zero-order chi connectivity index (χ0) is 12.2. The molecule has 0 saturated carbocycles. The summed E-state index contributed by atoms with van der Waals surface area (Å²) in [6.07, 6.45) is 3.29. The summed E-state index contributed by atoms with van der Waals surface area (Å²) < 4.78 is 26.1. The minimum absolute atomic E-state index is 0.0757. The van der Waals surface area contributed by atoms with Crippen LogP contribution in [-0.4, -0.2) is 31.5 Å². The lowest BCUT2D eigenvalue weighted by Crippen LogP contribution is -2.32. The van der Waals surface area contributed by atoms with Gasteiger partial charge in [-0.15, -0.1) is 0 Å². The molecule has 1 heterocycles. The summed E-state index contributed by atoms with van der Waals surface area (Å²) >= 11 is 0. The van der Waals surface area contributed by atoms with Crippen LogP contribution < -0.4 is 10.0 Å². The van der Waals surface area contributed by atoms with E-state index >= 15 is 0 Å². The first-order valence-electron chi connectivity index (χ1n) is 5.01. The Hall–Kier alpha value is -1.21. The molecule has 1 aromatic rings. The van der Waals surface area contributed by atoms with Crippen LogP contribution in [0.2, 0.25) is 0 Å². The van der Waals surface area contributed by atoms with Gasteiger partial charge in [0.05, 0.1) is 12.4 Å². The first-order chi connectivity index (χ1) is 7.49. The first-order valence-corrected chi connectivity index (χ1v) is 6.50. The van der Waals surface area contributed by atoms with E-state index < -0.39 is 10.0 Å². The lowest BCUT2D eigenvalue weighted by molar-refractivity contribution is 0.555. The monoisotopic (exact) mass is 244 g/mol. The van der Waals surface area contributed by atoms with Gasteiger partial charge in [-0.1, -0.05) is 6.92 Å². The molecular weight excluding hydrogens is 228 g/mol. The van der Waals surface area contributed by atoms with Crippen molar-refractivity contribution in [3.63, 3.8) is 0 Å². The second-order valence-electron chi connectivity index (χ2n) is 3.42. The van der Waals surface area contributed by atoms with Gasteiger partial charge in [-0.05, 0) is 13.3 Å². The molecule has 0 spiro atoms. The maximum atomic E-state index is 11.8. The molecule has 1 unspecified atom stereocenters. The van der Waals surface area contributed by atoms with Crippen LogP contribution in [0.4, 0.5) is 5.95 Å².